The van der Waals surface area contributed by atoms with E-state index in [4.69, 9.17) is 17.3 Å². The summed E-state index contributed by atoms with van der Waals surface area (Å²) in [6, 6.07) is 5.98. The number of primary amides is 1. The predicted molar refractivity (Wildman–Crippen MR) is 97.8 cm³/mol. The highest BCUT2D eigenvalue weighted by molar-refractivity contribution is 9.10. The van der Waals surface area contributed by atoms with Gasteiger partial charge in [-0.1, -0.05) is 27.5 Å². The molecule has 2 aromatic rings. The van der Waals surface area contributed by atoms with Gasteiger partial charge < -0.3 is 10.6 Å². The zero-order valence-electron chi connectivity index (χ0n) is 12.8. The molecule has 1 aromatic carbocycles. The molecule has 1 aliphatic heterocycles. The highest BCUT2D eigenvalue weighted by Gasteiger charge is 2.22. The average Bonchev–Trinajstić information content (AvgIpc) is 2.52. The van der Waals surface area contributed by atoms with E-state index in [1.165, 1.54) is 0 Å². The Labute approximate surface area is 149 Å². The maximum atomic E-state index is 11.0. The molecule has 1 fully saturated rings. The number of nitrogens with zero attached hydrogens (tertiary/aromatic N) is 2. The number of amides is 1. The first-order chi connectivity index (χ1) is 11.0. The minimum atomic E-state index is -0.216. The topological polar surface area (TPSA) is 59.2 Å². The van der Waals surface area contributed by atoms with Gasteiger partial charge in [-0.2, -0.15) is 0 Å². The number of rotatable bonds is 4. The van der Waals surface area contributed by atoms with Gasteiger partial charge in [-0.3, -0.25) is 9.78 Å². The fraction of sp³-hybridized carbons (Fsp3) is 0.412. The van der Waals surface area contributed by atoms with Crippen molar-refractivity contribution in [1.29, 1.82) is 0 Å². The zero-order valence-corrected chi connectivity index (χ0v) is 15.1. The Morgan fingerprint density at radius 3 is 3.09 bits per heavy atom. The fourth-order valence-electron chi connectivity index (χ4n) is 3.31. The van der Waals surface area contributed by atoms with Crippen LogP contribution in [-0.4, -0.2) is 24.0 Å². The molecule has 2 N–H and O–H groups in total. The monoisotopic (exact) mass is 395 g/mol. The molecule has 4 nitrogen and oxygen atoms in total. The number of anilines is 1. The van der Waals surface area contributed by atoms with Crippen molar-refractivity contribution in [2.75, 3.05) is 18.0 Å². The number of halogens is 2. The van der Waals surface area contributed by atoms with E-state index in [2.05, 4.69) is 31.9 Å². The summed E-state index contributed by atoms with van der Waals surface area (Å²) in [5.41, 5.74) is 7.26. The Bertz CT molecular complexity index is 737. The third-order valence-corrected chi connectivity index (χ3v) is 5.14. The van der Waals surface area contributed by atoms with Crippen LogP contribution in [0.25, 0.3) is 10.9 Å². The van der Waals surface area contributed by atoms with Crippen LogP contribution in [0, 0.1) is 5.92 Å². The van der Waals surface area contributed by atoms with Crippen molar-refractivity contribution in [2.24, 2.45) is 11.7 Å². The average molecular weight is 397 g/mol. The van der Waals surface area contributed by atoms with Crippen molar-refractivity contribution in [3.05, 3.63) is 33.9 Å². The van der Waals surface area contributed by atoms with Crippen LogP contribution in [0.3, 0.4) is 0 Å². The minimum absolute atomic E-state index is 0.216. The Hall–Kier alpha value is -1.33. The second-order valence-corrected chi connectivity index (χ2v) is 7.40. The van der Waals surface area contributed by atoms with Gasteiger partial charge in [0.2, 0.25) is 5.91 Å². The summed E-state index contributed by atoms with van der Waals surface area (Å²) >= 11 is 9.84. The standard InChI is InChI=1S/C17H19BrClN3O/c18-12-8-13-15(5-6-21-17(13)14(19)9-12)22-7-1-2-11(10-22)3-4-16(20)23/h5-6,8-9,11H,1-4,7,10H2,(H2,20,23). The summed E-state index contributed by atoms with van der Waals surface area (Å²) in [7, 11) is 0. The SMILES string of the molecule is NC(=O)CCC1CCCN(c2ccnc3c(Cl)cc(Br)cc23)C1. The van der Waals surface area contributed by atoms with E-state index < -0.39 is 0 Å². The van der Waals surface area contributed by atoms with Gasteiger partial charge in [0.25, 0.3) is 0 Å². The van der Waals surface area contributed by atoms with E-state index in [0.717, 1.165) is 53.4 Å². The lowest BCUT2D eigenvalue weighted by atomic mass is 9.92. The first-order valence-corrected chi connectivity index (χ1v) is 8.98. The maximum absolute atomic E-state index is 11.0. The third-order valence-electron chi connectivity index (χ3n) is 4.40. The molecule has 0 saturated carbocycles. The molecule has 2 heterocycles. The Morgan fingerprint density at radius 2 is 2.30 bits per heavy atom. The molecule has 122 valence electrons. The number of benzene rings is 1. The maximum Gasteiger partial charge on any atom is 0.217 e. The lowest BCUT2D eigenvalue weighted by Gasteiger charge is -2.35. The smallest absolute Gasteiger partial charge is 0.217 e. The van der Waals surface area contributed by atoms with E-state index in [-0.39, 0.29) is 5.91 Å². The van der Waals surface area contributed by atoms with Crippen molar-refractivity contribution in [1.82, 2.24) is 4.98 Å². The molecule has 1 unspecified atom stereocenters. The number of fused-ring (bicyclic) bond motifs is 1. The van der Waals surface area contributed by atoms with Crippen LogP contribution >= 0.6 is 27.5 Å². The first kappa shape index (κ1) is 16.5. The molecule has 0 spiro atoms. The molecular formula is C17H19BrClN3O. The predicted octanol–water partition coefficient (Wildman–Crippen LogP) is 4.13. The summed E-state index contributed by atoms with van der Waals surface area (Å²) in [6.07, 6.45) is 5.41. The van der Waals surface area contributed by atoms with Crippen molar-refractivity contribution in [2.45, 2.75) is 25.7 Å². The third kappa shape index (κ3) is 3.78. The normalized spacial score (nSPS) is 18.3. The van der Waals surface area contributed by atoms with Gasteiger partial charge in [0.15, 0.2) is 0 Å². The number of pyridine rings is 1. The summed E-state index contributed by atoms with van der Waals surface area (Å²) in [5.74, 6) is 0.286. The number of carbonyl (C=O) groups is 1. The Morgan fingerprint density at radius 1 is 1.48 bits per heavy atom. The van der Waals surface area contributed by atoms with Crippen LogP contribution in [-0.2, 0) is 4.79 Å². The van der Waals surface area contributed by atoms with E-state index in [1.807, 2.05) is 18.3 Å². The largest absolute Gasteiger partial charge is 0.371 e. The quantitative estimate of drug-likeness (QED) is 0.845. The van der Waals surface area contributed by atoms with Crippen molar-refractivity contribution in [3.63, 3.8) is 0 Å². The lowest BCUT2D eigenvalue weighted by molar-refractivity contribution is -0.118. The molecule has 1 amide bonds. The number of hydrogen-bond acceptors (Lipinski definition) is 3. The molecular weight excluding hydrogens is 378 g/mol. The lowest BCUT2D eigenvalue weighted by Crippen LogP contribution is -2.36. The van der Waals surface area contributed by atoms with Gasteiger partial charge in [0.1, 0.15) is 0 Å². The highest BCUT2D eigenvalue weighted by atomic mass is 79.9. The van der Waals surface area contributed by atoms with Gasteiger partial charge in [0, 0.05) is 41.3 Å². The molecule has 1 saturated heterocycles. The van der Waals surface area contributed by atoms with Crippen molar-refractivity contribution in [3.8, 4) is 0 Å². The van der Waals surface area contributed by atoms with E-state index in [0.29, 0.717) is 17.4 Å². The van der Waals surface area contributed by atoms with E-state index in [1.54, 1.807) is 0 Å². The summed E-state index contributed by atoms with van der Waals surface area (Å²) < 4.78 is 0.950. The molecule has 3 rings (SSSR count). The van der Waals surface area contributed by atoms with Crippen LogP contribution in [0.5, 0.6) is 0 Å². The molecule has 1 aliphatic rings. The highest BCUT2D eigenvalue weighted by Crippen LogP contribution is 2.35. The fourth-order valence-corrected chi connectivity index (χ4v) is 4.16. The van der Waals surface area contributed by atoms with Gasteiger partial charge in [-0.25, -0.2) is 0 Å². The summed E-state index contributed by atoms with van der Waals surface area (Å²) in [6.45, 7) is 1.95. The van der Waals surface area contributed by atoms with Gasteiger partial charge in [0.05, 0.1) is 10.5 Å². The van der Waals surface area contributed by atoms with E-state index in [9.17, 15) is 4.79 Å². The molecule has 6 heteroatoms. The van der Waals surface area contributed by atoms with Crippen LogP contribution in [0.2, 0.25) is 5.02 Å². The second kappa shape index (κ2) is 7.05. The number of piperidine rings is 1. The van der Waals surface area contributed by atoms with Gasteiger partial charge >= 0.3 is 0 Å². The Balaban J connectivity index is 1.89. The van der Waals surface area contributed by atoms with Crippen molar-refractivity contribution >= 4 is 50.0 Å². The Kier molecular flexibility index (Phi) is 5.07. The summed E-state index contributed by atoms with van der Waals surface area (Å²) in [5, 5.41) is 1.71. The molecule has 0 radical (unpaired) electrons. The summed E-state index contributed by atoms with van der Waals surface area (Å²) in [4.78, 5) is 17.8. The molecule has 0 bridgehead atoms. The number of nitrogens with two attached hydrogens (primary N) is 1. The number of hydrogen-bond donors (Lipinski definition) is 1. The molecule has 1 aromatic heterocycles. The second-order valence-electron chi connectivity index (χ2n) is 6.07. The molecule has 0 aliphatic carbocycles. The van der Waals surface area contributed by atoms with Gasteiger partial charge in [-0.15, -0.1) is 0 Å². The zero-order chi connectivity index (χ0) is 16.4. The number of carbonyl (C=O) groups excluding carboxylic acids is 1. The van der Waals surface area contributed by atoms with E-state index >= 15 is 0 Å². The van der Waals surface area contributed by atoms with Crippen LogP contribution in [0.15, 0.2) is 28.9 Å². The van der Waals surface area contributed by atoms with Gasteiger partial charge in [-0.05, 0) is 43.4 Å². The first-order valence-electron chi connectivity index (χ1n) is 7.81. The minimum Gasteiger partial charge on any atom is -0.371 e. The molecule has 1 atom stereocenters. The number of aromatic nitrogens is 1. The molecule has 23 heavy (non-hydrogen) atoms. The van der Waals surface area contributed by atoms with Crippen LogP contribution < -0.4 is 10.6 Å². The van der Waals surface area contributed by atoms with Crippen LogP contribution in [0.4, 0.5) is 5.69 Å². The van der Waals surface area contributed by atoms with Crippen molar-refractivity contribution < 1.29 is 4.79 Å². The van der Waals surface area contributed by atoms with Crippen LogP contribution in [0.1, 0.15) is 25.7 Å².